The molecular formula is C35H27BrN2O4. The van der Waals surface area contributed by atoms with Crippen LogP contribution in [0.3, 0.4) is 0 Å². The molecule has 7 heteroatoms. The Kier molecular flexibility index (Phi) is 7.40. The van der Waals surface area contributed by atoms with Gasteiger partial charge in [-0.25, -0.2) is 4.79 Å². The van der Waals surface area contributed by atoms with Crippen LogP contribution in [0.15, 0.2) is 120 Å². The molecule has 6 nitrogen and oxygen atoms in total. The number of halogens is 1. The van der Waals surface area contributed by atoms with E-state index in [1.807, 2.05) is 120 Å². The number of methoxy groups -OCH3 is 1. The van der Waals surface area contributed by atoms with Gasteiger partial charge in [0, 0.05) is 16.6 Å². The molecule has 0 amide bonds. The third-order valence-electron chi connectivity index (χ3n) is 8.19. The molecule has 4 aromatic rings. The first-order chi connectivity index (χ1) is 20.5. The van der Waals surface area contributed by atoms with Gasteiger partial charge in [-0.1, -0.05) is 113 Å². The molecule has 0 N–H and O–H groups in total. The molecule has 2 aliphatic rings. The van der Waals surface area contributed by atoms with E-state index in [9.17, 15) is 14.9 Å². The van der Waals surface area contributed by atoms with Gasteiger partial charge in [0.25, 0.3) is 0 Å². The summed E-state index contributed by atoms with van der Waals surface area (Å²) in [6.45, 7) is 0. The highest BCUT2D eigenvalue weighted by atomic mass is 79.9. The Hall–Kier alpha value is -4.67. The number of rotatable bonds is 6. The normalized spacial score (nSPS) is 22.1. The highest BCUT2D eigenvalue weighted by Gasteiger charge is 2.68. The lowest BCUT2D eigenvalue weighted by atomic mass is 9.67. The lowest BCUT2D eigenvalue weighted by Gasteiger charge is -2.36. The Balaban J connectivity index is 1.54. The zero-order chi connectivity index (χ0) is 29.3. The lowest BCUT2D eigenvalue weighted by molar-refractivity contribution is -0.153. The van der Waals surface area contributed by atoms with Crippen molar-refractivity contribution >= 4 is 33.9 Å². The van der Waals surface area contributed by atoms with E-state index in [0.29, 0.717) is 5.56 Å². The van der Waals surface area contributed by atoms with Crippen molar-refractivity contribution in [3.8, 4) is 6.07 Å². The number of ether oxygens (including phenoxy) is 2. The molecule has 1 fully saturated rings. The summed E-state index contributed by atoms with van der Waals surface area (Å²) in [7, 11) is 1.28. The zero-order valence-electron chi connectivity index (χ0n) is 22.8. The summed E-state index contributed by atoms with van der Waals surface area (Å²) in [5, 5.41) is 10.9. The second-order valence-corrected chi connectivity index (χ2v) is 11.3. The van der Waals surface area contributed by atoms with Crippen molar-refractivity contribution in [1.82, 2.24) is 4.90 Å². The van der Waals surface area contributed by atoms with Gasteiger partial charge < -0.3 is 14.4 Å². The van der Waals surface area contributed by atoms with Crippen LogP contribution < -0.4 is 0 Å². The predicted octanol–water partition coefficient (Wildman–Crippen LogP) is 6.96. The fourth-order valence-electron chi connectivity index (χ4n) is 6.38. The molecule has 0 aliphatic carbocycles. The number of esters is 2. The number of carbonyl (C=O) groups is 2. The van der Waals surface area contributed by atoms with E-state index < -0.39 is 41.5 Å². The maximum absolute atomic E-state index is 14.6. The van der Waals surface area contributed by atoms with Gasteiger partial charge in [0.1, 0.15) is 6.04 Å². The van der Waals surface area contributed by atoms with Crippen LogP contribution in [0.1, 0.15) is 45.9 Å². The van der Waals surface area contributed by atoms with Gasteiger partial charge in [0.05, 0.1) is 19.2 Å². The maximum atomic E-state index is 14.6. The molecule has 0 bridgehead atoms. The molecule has 1 unspecified atom stereocenters. The lowest BCUT2D eigenvalue weighted by Crippen LogP contribution is -2.41. The molecule has 2 aliphatic heterocycles. The zero-order valence-corrected chi connectivity index (χ0v) is 24.3. The number of benzene rings is 4. The number of hydrogen-bond donors (Lipinski definition) is 0. The largest absolute Gasteiger partial charge is 0.468 e. The van der Waals surface area contributed by atoms with Crippen LogP contribution >= 0.6 is 15.9 Å². The first-order valence-corrected chi connectivity index (χ1v) is 14.4. The molecule has 1 saturated heterocycles. The standard InChI is InChI=1S/C35H27BrN2O4/c1-41-34(40)35(22-37)29(24-16-18-27(36)19-17-24)30(38-21-20-23-10-8-9-15-28(23)32(35)38)33(39)42-31(25-11-4-2-5-12-25)26-13-6-3-7-14-26/h2-21,29-32H,1H3/t29-,30+,32?,35-/m0/s1. The van der Waals surface area contributed by atoms with Crippen LogP contribution in [0.5, 0.6) is 0 Å². The summed E-state index contributed by atoms with van der Waals surface area (Å²) in [5.41, 5.74) is 2.17. The maximum Gasteiger partial charge on any atom is 0.330 e. The topological polar surface area (TPSA) is 79.6 Å². The molecule has 0 aromatic heterocycles. The van der Waals surface area contributed by atoms with Crippen LogP contribution in [-0.2, 0) is 19.1 Å². The van der Waals surface area contributed by atoms with Gasteiger partial charge in [-0.05, 0) is 46.0 Å². The van der Waals surface area contributed by atoms with Gasteiger partial charge in [0.2, 0.25) is 0 Å². The number of nitriles is 1. The molecule has 208 valence electrons. The Labute approximate surface area is 252 Å². The molecule has 6 rings (SSSR count). The summed E-state index contributed by atoms with van der Waals surface area (Å²) in [6, 6.07) is 34.6. The summed E-state index contributed by atoms with van der Waals surface area (Å²) >= 11 is 3.48. The predicted molar refractivity (Wildman–Crippen MR) is 162 cm³/mol. The van der Waals surface area contributed by atoms with Gasteiger partial charge >= 0.3 is 11.9 Å². The summed E-state index contributed by atoms with van der Waals surface area (Å²) < 4.78 is 12.6. The minimum Gasteiger partial charge on any atom is -0.468 e. The molecule has 0 radical (unpaired) electrons. The fraction of sp³-hybridized carbons (Fsp3) is 0.171. The van der Waals surface area contributed by atoms with E-state index in [4.69, 9.17) is 9.47 Å². The van der Waals surface area contributed by atoms with Crippen LogP contribution in [0.2, 0.25) is 0 Å². The van der Waals surface area contributed by atoms with Crippen LogP contribution in [-0.4, -0.2) is 30.0 Å². The van der Waals surface area contributed by atoms with Crippen molar-refractivity contribution < 1.29 is 19.1 Å². The molecule has 4 atom stereocenters. The van der Waals surface area contributed by atoms with E-state index in [1.54, 1.807) is 6.20 Å². The SMILES string of the molecule is COC(=O)[C@]1(C#N)C2c3ccccc3C=CN2[C@@H](C(=O)OC(c2ccccc2)c2ccccc2)[C@@H]1c1ccc(Br)cc1. The second-order valence-electron chi connectivity index (χ2n) is 10.4. The van der Waals surface area contributed by atoms with Gasteiger partial charge in [-0.15, -0.1) is 0 Å². The molecular weight excluding hydrogens is 592 g/mol. The monoisotopic (exact) mass is 618 g/mol. The first-order valence-electron chi connectivity index (χ1n) is 13.6. The van der Waals surface area contributed by atoms with Gasteiger partial charge in [0.15, 0.2) is 11.5 Å². The van der Waals surface area contributed by atoms with Crippen molar-refractivity contribution in [3.05, 3.63) is 148 Å². The average Bonchev–Trinajstić information content (AvgIpc) is 3.36. The number of nitrogens with zero attached hydrogens (tertiary/aromatic N) is 2. The minimum absolute atomic E-state index is 0.546. The number of hydrogen-bond acceptors (Lipinski definition) is 6. The Morgan fingerprint density at radius 1 is 0.881 bits per heavy atom. The summed E-state index contributed by atoms with van der Waals surface area (Å²) in [5.74, 6) is -2.14. The average molecular weight is 620 g/mol. The molecule has 0 spiro atoms. The first kappa shape index (κ1) is 27.5. The molecule has 42 heavy (non-hydrogen) atoms. The third-order valence-corrected chi connectivity index (χ3v) is 8.72. The van der Waals surface area contributed by atoms with Crippen molar-refractivity contribution in [2.75, 3.05) is 7.11 Å². The van der Waals surface area contributed by atoms with E-state index >= 15 is 0 Å². The number of fused-ring (bicyclic) bond motifs is 3. The molecule has 4 aromatic carbocycles. The van der Waals surface area contributed by atoms with Crippen LogP contribution in [0, 0.1) is 16.7 Å². The van der Waals surface area contributed by atoms with Gasteiger partial charge in [-0.2, -0.15) is 5.26 Å². The highest BCUT2D eigenvalue weighted by Crippen LogP contribution is 2.60. The van der Waals surface area contributed by atoms with Crippen molar-refractivity contribution in [1.29, 1.82) is 5.26 Å². The highest BCUT2D eigenvalue weighted by molar-refractivity contribution is 9.10. The fourth-order valence-corrected chi connectivity index (χ4v) is 6.64. The van der Waals surface area contributed by atoms with Crippen LogP contribution in [0.25, 0.3) is 6.08 Å². The Morgan fingerprint density at radius 3 is 2.07 bits per heavy atom. The minimum atomic E-state index is -1.75. The van der Waals surface area contributed by atoms with E-state index in [-0.39, 0.29) is 0 Å². The van der Waals surface area contributed by atoms with Gasteiger partial charge in [-0.3, -0.25) is 4.79 Å². The van der Waals surface area contributed by atoms with Crippen LogP contribution in [0.4, 0.5) is 0 Å². The van der Waals surface area contributed by atoms with Crippen molar-refractivity contribution in [2.45, 2.75) is 24.1 Å². The quantitative estimate of drug-likeness (QED) is 0.217. The smallest absolute Gasteiger partial charge is 0.330 e. The Morgan fingerprint density at radius 2 is 1.48 bits per heavy atom. The molecule has 2 heterocycles. The van der Waals surface area contributed by atoms with E-state index in [0.717, 1.165) is 26.7 Å². The van der Waals surface area contributed by atoms with E-state index in [1.165, 1.54) is 7.11 Å². The summed E-state index contributed by atoms with van der Waals surface area (Å²) in [4.78, 5) is 30.2. The van der Waals surface area contributed by atoms with Crippen molar-refractivity contribution in [3.63, 3.8) is 0 Å². The second kappa shape index (κ2) is 11.3. The number of carbonyl (C=O) groups excluding carboxylic acids is 2. The Bertz CT molecular complexity index is 1640. The molecule has 0 saturated carbocycles. The summed E-state index contributed by atoms with van der Waals surface area (Å²) in [6.07, 6.45) is 3.01. The van der Waals surface area contributed by atoms with E-state index in [2.05, 4.69) is 22.0 Å². The van der Waals surface area contributed by atoms with Crippen molar-refractivity contribution in [2.24, 2.45) is 5.41 Å². The third kappa shape index (κ3) is 4.49.